The number of hydrogen-bond donors (Lipinski definition) is 2. The Morgan fingerprint density at radius 3 is 3.06 bits per heavy atom. The van der Waals surface area contributed by atoms with Crippen molar-refractivity contribution in [3.8, 4) is 0 Å². The molecule has 0 aliphatic rings. The summed E-state index contributed by atoms with van der Waals surface area (Å²) in [6.07, 6.45) is 3.25. The van der Waals surface area contributed by atoms with Crippen molar-refractivity contribution < 1.29 is 0 Å². The highest BCUT2D eigenvalue weighted by molar-refractivity contribution is 7.99. The third-order valence-electron chi connectivity index (χ3n) is 3.23. The minimum atomic E-state index is 0.582. The van der Waals surface area contributed by atoms with Crippen molar-refractivity contribution in [2.24, 2.45) is 0 Å². The van der Waals surface area contributed by atoms with E-state index in [1.165, 1.54) is 34.4 Å². The quantitative estimate of drug-likeness (QED) is 0.743. The van der Waals surface area contributed by atoms with E-state index in [4.69, 9.17) is 0 Å². The van der Waals surface area contributed by atoms with E-state index >= 15 is 0 Å². The van der Waals surface area contributed by atoms with E-state index in [1.54, 1.807) is 0 Å². The van der Waals surface area contributed by atoms with Crippen LogP contribution in [0.15, 0.2) is 30.5 Å². The molecule has 1 aromatic heterocycles. The highest BCUT2D eigenvalue weighted by Gasteiger charge is 2.04. The van der Waals surface area contributed by atoms with Crippen LogP contribution in [0.4, 0.5) is 0 Å². The SMILES string of the molecule is CCSCCC(C)NCc1cccc2[nH]ccc12. The van der Waals surface area contributed by atoms with Crippen molar-refractivity contribution >= 4 is 22.7 Å². The predicted octanol–water partition coefficient (Wildman–Crippen LogP) is 3.79. The van der Waals surface area contributed by atoms with Crippen LogP contribution >= 0.6 is 11.8 Å². The molecule has 0 aliphatic heterocycles. The van der Waals surface area contributed by atoms with Gasteiger partial charge in [-0.2, -0.15) is 11.8 Å². The molecule has 0 aliphatic carbocycles. The summed E-state index contributed by atoms with van der Waals surface area (Å²) >= 11 is 2.02. The summed E-state index contributed by atoms with van der Waals surface area (Å²) in [4.78, 5) is 3.26. The number of fused-ring (bicyclic) bond motifs is 1. The molecule has 18 heavy (non-hydrogen) atoms. The lowest BCUT2D eigenvalue weighted by Gasteiger charge is -2.14. The van der Waals surface area contributed by atoms with Crippen LogP contribution < -0.4 is 5.32 Å². The monoisotopic (exact) mass is 262 g/mol. The lowest BCUT2D eigenvalue weighted by Crippen LogP contribution is -2.26. The molecular formula is C15H22N2S. The molecule has 0 saturated heterocycles. The number of hydrogen-bond acceptors (Lipinski definition) is 2. The number of rotatable bonds is 7. The molecule has 1 atom stereocenters. The molecule has 3 heteroatoms. The summed E-state index contributed by atoms with van der Waals surface area (Å²) in [6.45, 7) is 5.44. The molecule has 2 N–H and O–H groups in total. The molecule has 0 radical (unpaired) electrons. The first-order valence-electron chi connectivity index (χ1n) is 6.67. The fourth-order valence-electron chi connectivity index (χ4n) is 2.10. The minimum Gasteiger partial charge on any atom is -0.361 e. The molecule has 0 saturated carbocycles. The first kappa shape index (κ1) is 13.5. The van der Waals surface area contributed by atoms with Crippen LogP contribution in [0, 0.1) is 0 Å². The molecule has 0 fully saturated rings. The zero-order valence-corrected chi connectivity index (χ0v) is 12.0. The second kappa shape index (κ2) is 6.86. The van der Waals surface area contributed by atoms with Crippen molar-refractivity contribution in [1.29, 1.82) is 0 Å². The van der Waals surface area contributed by atoms with Crippen molar-refractivity contribution in [2.45, 2.75) is 32.9 Å². The largest absolute Gasteiger partial charge is 0.361 e. The Bertz CT molecular complexity index is 478. The summed E-state index contributed by atoms with van der Waals surface area (Å²) in [5.41, 5.74) is 2.60. The van der Waals surface area contributed by atoms with Crippen molar-refractivity contribution in [2.75, 3.05) is 11.5 Å². The van der Waals surface area contributed by atoms with Gasteiger partial charge in [-0.25, -0.2) is 0 Å². The van der Waals surface area contributed by atoms with Gasteiger partial charge in [0.15, 0.2) is 0 Å². The summed E-state index contributed by atoms with van der Waals surface area (Å²) in [7, 11) is 0. The molecule has 0 bridgehead atoms. The van der Waals surface area contributed by atoms with Gasteiger partial charge in [-0.15, -0.1) is 0 Å². The number of aromatic nitrogens is 1. The van der Waals surface area contributed by atoms with Gasteiger partial charge in [0.1, 0.15) is 0 Å². The van der Waals surface area contributed by atoms with Gasteiger partial charge in [0.25, 0.3) is 0 Å². The molecule has 1 aromatic carbocycles. The van der Waals surface area contributed by atoms with E-state index in [0.29, 0.717) is 6.04 Å². The second-order valence-electron chi connectivity index (χ2n) is 4.62. The Balaban J connectivity index is 1.88. The molecule has 2 aromatic rings. The minimum absolute atomic E-state index is 0.582. The maximum absolute atomic E-state index is 3.61. The van der Waals surface area contributed by atoms with Crippen LogP contribution in [0.2, 0.25) is 0 Å². The molecule has 1 unspecified atom stereocenters. The van der Waals surface area contributed by atoms with Gasteiger partial charge in [-0.1, -0.05) is 19.1 Å². The highest BCUT2D eigenvalue weighted by atomic mass is 32.2. The number of aromatic amines is 1. The van der Waals surface area contributed by atoms with Gasteiger partial charge >= 0.3 is 0 Å². The smallest absolute Gasteiger partial charge is 0.0457 e. The summed E-state index contributed by atoms with van der Waals surface area (Å²) in [5, 5.41) is 4.95. The third kappa shape index (κ3) is 3.53. The Hall–Kier alpha value is -0.930. The Kier molecular flexibility index (Phi) is 5.14. The zero-order chi connectivity index (χ0) is 12.8. The zero-order valence-electron chi connectivity index (χ0n) is 11.2. The van der Waals surface area contributed by atoms with Crippen molar-refractivity contribution in [3.63, 3.8) is 0 Å². The highest BCUT2D eigenvalue weighted by Crippen LogP contribution is 2.17. The first-order valence-corrected chi connectivity index (χ1v) is 7.83. The molecular weight excluding hydrogens is 240 g/mol. The van der Waals surface area contributed by atoms with Gasteiger partial charge in [0.2, 0.25) is 0 Å². The average molecular weight is 262 g/mol. The number of thioether (sulfide) groups is 1. The van der Waals surface area contributed by atoms with Crippen LogP contribution in [0.1, 0.15) is 25.8 Å². The van der Waals surface area contributed by atoms with Crippen LogP contribution in [0.25, 0.3) is 10.9 Å². The van der Waals surface area contributed by atoms with Crippen LogP contribution in [0.5, 0.6) is 0 Å². The Morgan fingerprint density at radius 1 is 1.33 bits per heavy atom. The van der Waals surface area contributed by atoms with E-state index in [2.05, 4.69) is 48.4 Å². The molecule has 0 amide bonds. The van der Waals surface area contributed by atoms with Gasteiger partial charge < -0.3 is 10.3 Å². The fraction of sp³-hybridized carbons (Fsp3) is 0.467. The van der Waals surface area contributed by atoms with Gasteiger partial charge in [-0.05, 0) is 42.5 Å². The van der Waals surface area contributed by atoms with E-state index in [1.807, 2.05) is 18.0 Å². The maximum atomic E-state index is 3.61. The van der Waals surface area contributed by atoms with Crippen LogP contribution in [-0.4, -0.2) is 22.5 Å². The average Bonchev–Trinajstić information content (AvgIpc) is 2.85. The predicted molar refractivity (Wildman–Crippen MR) is 82.2 cm³/mol. The summed E-state index contributed by atoms with van der Waals surface area (Å²) < 4.78 is 0. The molecule has 1 heterocycles. The van der Waals surface area contributed by atoms with Crippen molar-refractivity contribution in [3.05, 3.63) is 36.0 Å². The van der Waals surface area contributed by atoms with E-state index in [9.17, 15) is 0 Å². The van der Waals surface area contributed by atoms with Gasteiger partial charge in [0.05, 0.1) is 0 Å². The summed E-state index contributed by atoms with van der Waals surface area (Å²) in [5.74, 6) is 2.47. The van der Waals surface area contributed by atoms with E-state index < -0.39 is 0 Å². The van der Waals surface area contributed by atoms with Crippen LogP contribution in [-0.2, 0) is 6.54 Å². The molecule has 2 nitrogen and oxygen atoms in total. The summed E-state index contributed by atoms with van der Waals surface area (Å²) in [6, 6.07) is 9.19. The second-order valence-corrected chi connectivity index (χ2v) is 6.02. The normalized spacial score (nSPS) is 13.0. The topological polar surface area (TPSA) is 27.8 Å². The first-order chi connectivity index (χ1) is 8.81. The molecule has 98 valence electrons. The third-order valence-corrected chi connectivity index (χ3v) is 4.16. The van der Waals surface area contributed by atoms with Gasteiger partial charge in [-0.3, -0.25) is 0 Å². The van der Waals surface area contributed by atoms with Gasteiger partial charge in [0, 0.05) is 29.7 Å². The number of H-pyrrole nitrogens is 1. The Labute approximate surface area is 114 Å². The lowest BCUT2D eigenvalue weighted by atomic mass is 10.1. The van der Waals surface area contributed by atoms with E-state index in [-0.39, 0.29) is 0 Å². The number of nitrogens with one attached hydrogen (secondary N) is 2. The number of benzene rings is 1. The fourth-order valence-corrected chi connectivity index (χ4v) is 2.90. The lowest BCUT2D eigenvalue weighted by molar-refractivity contribution is 0.539. The van der Waals surface area contributed by atoms with Crippen molar-refractivity contribution in [1.82, 2.24) is 10.3 Å². The molecule has 0 spiro atoms. The Morgan fingerprint density at radius 2 is 2.22 bits per heavy atom. The standard InChI is InChI=1S/C15H22N2S/c1-3-18-10-8-12(2)17-11-13-5-4-6-15-14(13)7-9-16-15/h4-7,9,12,16-17H,3,8,10-11H2,1-2H3. The van der Waals surface area contributed by atoms with E-state index in [0.717, 1.165) is 6.54 Å². The molecule has 2 rings (SSSR count). The van der Waals surface area contributed by atoms with Crippen LogP contribution in [0.3, 0.4) is 0 Å². The maximum Gasteiger partial charge on any atom is 0.0457 e.